The number of anilines is 1. The van der Waals surface area contributed by atoms with Gasteiger partial charge in [0.05, 0.1) is 5.92 Å². The summed E-state index contributed by atoms with van der Waals surface area (Å²) in [6.07, 6.45) is -0.300. The summed E-state index contributed by atoms with van der Waals surface area (Å²) < 4.78 is 10.8. The highest BCUT2D eigenvalue weighted by Gasteiger charge is 2.32. The van der Waals surface area contributed by atoms with Crippen LogP contribution < -0.4 is 5.32 Å². The first-order valence-electron chi connectivity index (χ1n) is 11.0. The van der Waals surface area contributed by atoms with Crippen LogP contribution in [0.1, 0.15) is 71.4 Å². The number of ether oxygens (including phenoxy) is 2. The predicted molar refractivity (Wildman–Crippen MR) is 120 cm³/mol. The van der Waals surface area contributed by atoms with Crippen LogP contribution in [0, 0.1) is 12.8 Å². The molecule has 0 saturated carbocycles. The molecule has 0 aromatic heterocycles. The first-order chi connectivity index (χ1) is 14.4. The van der Waals surface area contributed by atoms with Crippen LogP contribution >= 0.6 is 0 Å². The van der Waals surface area contributed by atoms with Gasteiger partial charge in [0, 0.05) is 18.8 Å². The fraction of sp³-hybridized carbons (Fsp3) is 0.625. The molecule has 0 unspecified atom stereocenters. The van der Waals surface area contributed by atoms with Gasteiger partial charge in [0.25, 0.3) is 5.91 Å². The molecule has 1 fully saturated rings. The molecule has 0 aliphatic carbocycles. The number of aryl methyl sites for hydroxylation is 1. The predicted octanol–water partition coefficient (Wildman–Crippen LogP) is 4.64. The van der Waals surface area contributed by atoms with Crippen LogP contribution in [0.15, 0.2) is 18.2 Å². The second-order valence-electron chi connectivity index (χ2n) is 9.50. The zero-order valence-electron chi connectivity index (χ0n) is 19.8. The lowest BCUT2D eigenvalue weighted by atomic mass is 9.97. The van der Waals surface area contributed by atoms with E-state index in [2.05, 4.69) is 19.2 Å². The van der Waals surface area contributed by atoms with Crippen LogP contribution in [-0.4, -0.2) is 47.7 Å². The van der Waals surface area contributed by atoms with Crippen molar-refractivity contribution in [2.45, 2.75) is 78.9 Å². The van der Waals surface area contributed by atoms with Crippen molar-refractivity contribution >= 4 is 23.7 Å². The number of piperidine rings is 1. The number of nitrogens with zero attached hydrogens (tertiary/aromatic N) is 1. The Balaban J connectivity index is 1.89. The van der Waals surface area contributed by atoms with Crippen molar-refractivity contribution < 1.29 is 23.9 Å². The van der Waals surface area contributed by atoms with Crippen LogP contribution in [0.5, 0.6) is 0 Å². The van der Waals surface area contributed by atoms with Crippen molar-refractivity contribution in [2.24, 2.45) is 5.92 Å². The van der Waals surface area contributed by atoms with E-state index in [9.17, 15) is 14.4 Å². The molecule has 1 aliphatic heterocycles. The Labute approximate surface area is 185 Å². The monoisotopic (exact) mass is 432 g/mol. The molecule has 1 aromatic carbocycles. The maximum Gasteiger partial charge on any atom is 0.410 e. The van der Waals surface area contributed by atoms with Crippen LogP contribution in [0.25, 0.3) is 0 Å². The summed E-state index contributed by atoms with van der Waals surface area (Å²) >= 11 is 0. The van der Waals surface area contributed by atoms with Crippen molar-refractivity contribution in [3.8, 4) is 0 Å². The van der Waals surface area contributed by atoms with Gasteiger partial charge in [-0.2, -0.15) is 0 Å². The standard InChI is InChI=1S/C24H36N2O5/c1-15(2)19-10-8-9-16(3)20(19)25-21(27)17(4)30-22(28)18-11-13-26(14-12-18)23(29)31-24(5,6)7/h8-10,15,17-18H,11-14H2,1-7H3,(H,25,27)/t17-/m1/s1. The van der Waals surface area contributed by atoms with Gasteiger partial charge in [-0.05, 0) is 64.5 Å². The number of hydrogen-bond acceptors (Lipinski definition) is 5. The van der Waals surface area contributed by atoms with Gasteiger partial charge in [0.2, 0.25) is 0 Å². The van der Waals surface area contributed by atoms with E-state index < -0.39 is 17.7 Å². The zero-order valence-corrected chi connectivity index (χ0v) is 19.8. The van der Waals surface area contributed by atoms with Gasteiger partial charge in [0.1, 0.15) is 5.60 Å². The van der Waals surface area contributed by atoms with Gasteiger partial charge >= 0.3 is 12.1 Å². The molecule has 1 aromatic rings. The van der Waals surface area contributed by atoms with E-state index >= 15 is 0 Å². The minimum Gasteiger partial charge on any atom is -0.452 e. The summed E-state index contributed by atoms with van der Waals surface area (Å²) in [5.41, 5.74) is 2.23. The van der Waals surface area contributed by atoms with Crippen molar-refractivity contribution in [3.05, 3.63) is 29.3 Å². The summed E-state index contributed by atoms with van der Waals surface area (Å²) in [5.74, 6) is -0.835. The smallest absolute Gasteiger partial charge is 0.410 e. The van der Waals surface area contributed by atoms with E-state index in [1.165, 1.54) is 0 Å². The lowest BCUT2D eigenvalue weighted by Gasteiger charge is -2.32. The number of carbonyl (C=O) groups excluding carboxylic acids is 3. The number of carbonyl (C=O) groups is 3. The maximum atomic E-state index is 12.7. The number of nitrogens with one attached hydrogen (secondary N) is 1. The van der Waals surface area contributed by atoms with Gasteiger partial charge in [-0.1, -0.05) is 32.0 Å². The molecule has 172 valence electrons. The number of likely N-dealkylation sites (tertiary alicyclic amines) is 1. The van der Waals surface area contributed by atoms with Gasteiger partial charge in [0.15, 0.2) is 6.10 Å². The summed E-state index contributed by atoms with van der Waals surface area (Å²) in [6, 6.07) is 5.90. The third-order valence-corrected chi connectivity index (χ3v) is 5.32. The van der Waals surface area contributed by atoms with Crippen LogP contribution in [0.4, 0.5) is 10.5 Å². The van der Waals surface area contributed by atoms with Crippen LogP contribution in [-0.2, 0) is 19.1 Å². The first-order valence-corrected chi connectivity index (χ1v) is 11.0. The third kappa shape index (κ3) is 6.97. The quantitative estimate of drug-likeness (QED) is 0.686. The number of benzene rings is 1. The van der Waals surface area contributed by atoms with E-state index in [-0.39, 0.29) is 23.8 Å². The third-order valence-electron chi connectivity index (χ3n) is 5.32. The minimum atomic E-state index is -0.906. The summed E-state index contributed by atoms with van der Waals surface area (Å²) in [6.45, 7) is 14.0. The molecule has 2 rings (SSSR count). The van der Waals surface area contributed by atoms with Crippen molar-refractivity contribution in [1.29, 1.82) is 0 Å². The molecular weight excluding hydrogens is 396 g/mol. The summed E-state index contributed by atoms with van der Waals surface area (Å²) in [4.78, 5) is 39.0. The molecule has 1 aliphatic rings. The Hall–Kier alpha value is -2.57. The Morgan fingerprint density at radius 1 is 1.10 bits per heavy atom. The molecule has 2 amide bonds. The van der Waals surface area contributed by atoms with E-state index in [4.69, 9.17) is 9.47 Å². The van der Waals surface area contributed by atoms with E-state index in [0.29, 0.717) is 25.9 Å². The van der Waals surface area contributed by atoms with Crippen molar-refractivity contribution in [3.63, 3.8) is 0 Å². The number of amides is 2. The largest absolute Gasteiger partial charge is 0.452 e. The van der Waals surface area contributed by atoms with Gasteiger partial charge < -0.3 is 19.7 Å². The zero-order chi connectivity index (χ0) is 23.3. The second-order valence-corrected chi connectivity index (χ2v) is 9.50. The SMILES string of the molecule is Cc1cccc(C(C)C)c1NC(=O)[C@@H](C)OC(=O)C1CCN(C(=O)OC(C)(C)C)CC1. The molecule has 0 radical (unpaired) electrons. The molecule has 7 nitrogen and oxygen atoms in total. The molecule has 1 N–H and O–H groups in total. The van der Waals surface area contributed by atoms with Crippen LogP contribution in [0.3, 0.4) is 0 Å². The number of para-hydroxylation sites is 1. The molecule has 1 heterocycles. The normalized spacial score (nSPS) is 16.1. The molecule has 1 saturated heterocycles. The summed E-state index contributed by atoms with van der Waals surface area (Å²) in [5, 5.41) is 2.93. The lowest BCUT2D eigenvalue weighted by molar-refractivity contribution is -0.158. The average Bonchev–Trinajstić information content (AvgIpc) is 2.67. The molecule has 1 atom stereocenters. The van der Waals surface area contributed by atoms with E-state index in [0.717, 1.165) is 16.8 Å². The molecule has 31 heavy (non-hydrogen) atoms. The molecule has 7 heteroatoms. The van der Waals surface area contributed by atoms with Gasteiger partial charge in [-0.25, -0.2) is 4.79 Å². The highest BCUT2D eigenvalue weighted by atomic mass is 16.6. The number of esters is 1. The van der Waals surface area contributed by atoms with E-state index in [1.54, 1.807) is 11.8 Å². The number of rotatable bonds is 5. The maximum absolute atomic E-state index is 12.7. The molecule has 0 bridgehead atoms. The fourth-order valence-electron chi connectivity index (χ4n) is 3.52. The van der Waals surface area contributed by atoms with E-state index in [1.807, 2.05) is 45.9 Å². The summed E-state index contributed by atoms with van der Waals surface area (Å²) in [7, 11) is 0. The average molecular weight is 433 g/mol. The minimum absolute atomic E-state index is 0.253. The second kappa shape index (κ2) is 10.2. The highest BCUT2D eigenvalue weighted by Crippen LogP contribution is 2.28. The number of hydrogen-bond donors (Lipinski definition) is 1. The Bertz CT molecular complexity index is 805. The highest BCUT2D eigenvalue weighted by molar-refractivity contribution is 5.96. The van der Waals surface area contributed by atoms with Crippen molar-refractivity contribution in [2.75, 3.05) is 18.4 Å². The first kappa shape index (κ1) is 24.7. The Morgan fingerprint density at radius 2 is 1.71 bits per heavy atom. The lowest BCUT2D eigenvalue weighted by Crippen LogP contribution is -2.43. The Morgan fingerprint density at radius 3 is 2.26 bits per heavy atom. The van der Waals surface area contributed by atoms with Crippen LogP contribution in [0.2, 0.25) is 0 Å². The van der Waals surface area contributed by atoms with Crippen molar-refractivity contribution in [1.82, 2.24) is 4.90 Å². The fourth-order valence-corrected chi connectivity index (χ4v) is 3.52. The topological polar surface area (TPSA) is 84.9 Å². The van der Waals surface area contributed by atoms with Gasteiger partial charge in [-0.15, -0.1) is 0 Å². The molecular formula is C24H36N2O5. The Kier molecular flexibility index (Phi) is 8.09. The van der Waals surface area contributed by atoms with Gasteiger partial charge in [-0.3, -0.25) is 9.59 Å². The molecule has 0 spiro atoms.